The number of hydrogen-bond acceptors (Lipinski definition) is 3. The van der Waals surface area contributed by atoms with E-state index in [4.69, 9.17) is 16.3 Å². The van der Waals surface area contributed by atoms with E-state index < -0.39 is 17.6 Å². The summed E-state index contributed by atoms with van der Waals surface area (Å²) in [5.74, 6) is -2.65. The van der Waals surface area contributed by atoms with Gasteiger partial charge >= 0.3 is 5.97 Å². The van der Waals surface area contributed by atoms with Crippen molar-refractivity contribution in [1.82, 2.24) is 9.78 Å². The Bertz CT molecular complexity index is 926. The van der Waals surface area contributed by atoms with Crippen LogP contribution < -0.4 is 0 Å². The number of rotatable bonds is 4. The minimum atomic E-state index is -0.979. The maximum Gasteiger partial charge on any atom is 0.341 e. The number of esters is 1. The van der Waals surface area contributed by atoms with Crippen molar-refractivity contribution in [3.05, 3.63) is 82.1 Å². The molecule has 0 amide bonds. The summed E-state index contributed by atoms with van der Waals surface area (Å²) in [5, 5.41) is 4.63. The van der Waals surface area contributed by atoms with E-state index in [-0.39, 0.29) is 12.2 Å². The zero-order chi connectivity index (χ0) is 18.0. The number of hydrogen-bond donors (Lipinski definition) is 0. The third-order valence-electron chi connectivity index (χ3n) is 3.62. The van der Waals surface area contributed by atoms with Gasteiger partial charge in [0.2, 0.25) is 0 Å². The Morgan fingerprint density at radius 1 is 1.20 bits per heavy atom. The SMILES string of the molecule is Cc1nn(-c2ccccc2)c(Cl)c1COC(=O)c1ccc(F)cc1F. The highest BCUT2D eigenvalue weighted by molar-refractivity contribution is 6.30. The molecule has 0 spiro atoms. The topological polar surface area (TPSA) is 44.1 Å². The van der Waals surface area contributed by atoms with Crippen molar-refractivity contribution in [2.45, 2.75) is 13.5 Å². The quantitative estimate of drug-likeness (QED) is 0.643. The number of ether oxygens (including phenoxy) is 1. The lowest BCUT2D eigenvalue weighted by molar-refractivity contribution is 0.0467. The molecule has 0 saturated carbocycles. The van der Waals surface area contributed by atoms with Crippen LogP contribution in [0, 0.1) is 18.6 Å². The summed E-state index contributed by atoms with van der Waals surface area (Å²) < 4.78 is 33.2. The number of aromatic nitrogens is 2. The lowest BCUT2D eigenvalue weighted by atomic mass is 10.2. The number of nitrogens with zero attached hydrogens (tertiary/aromatic N) is 2. The molecule has 128 valence electrons. The van der Waals surface area contributed by atoms with Crippen LogP contribution in [-0.2, 0) is 11.3 Å². The molecular formula is C18H13ClF2N2O2. The predicted molar refractivity (Wildman–Crippen MR) is 88.8 cm³/mol. The molecule has 4 nitrogen and oxygen atoms in total. The zero-order valence-electron chi connectivity index (χ0n) is 13.2. The van der Waals surface area contributed by atoms with Crippen molar-refractivity contribution < 1.29 is 18.3 Å². The van der Waals surface area contributed by atoms with Crippen LogP contribution >= 0.6 is 11.6 Å². The smallest absolute Gasteiger partial charge is 0.341 e. The highest BCUT2D eigenvalue weighted by Gasteiger charge is 2.19. The van der Waals surface area contributed by atoms with Crippen LogP contribution in [0.1, 0.15) is 21.6 Å². The number of aryl methyl sites for hydroxylation is 1. The van der Waals surface area contributed by atoms with Gasteiger partial charge in [-0.05, 0) is 31.2 Å². The molecule has 0 saturated heterocycles. The molecule has 0 radical (unpaired) electrons. The Morgan fingerprint density at radius 3 is 2.60 bits per heavy atom. The molecular weight excluding hydrogens is 350 g/mol. The van der Waals surface area contributed by atoms with Crippen molar-refractivity contribution in [3.63, 3.8) is 0 Å². The molecule has 0 aliphatic heterocycles. The molecule has 25 heavy (non-hydrogen) atoms. The van der Waals surface area contributed by atoms with Crippen molar-refractivity contribution in [3.8, 4) is 5.69 Å². The average molecular weight is 363 g/mol. The second-order valence-corrected chi connectivity index (χ2v) is 5.66. The maximum absolute atomic E-state index is 13.6. The van der Waals surface area contributed by atoms with E-state index in [0.717, 1.165) is 17.8 Å². The molecule has 3 rings (SSSR count). The summed E-state index contributed by atoms with van der Waals surface area (Å²) in [6, 6.07) is 11.9. The molecule has 0 fully saturated rings. The van der Waals surface area contributed by atoms with E-state index in [9.17, 15) is 13.6 Å². The van der Waals surface area contributed by atoms with Gasteiger partial charge in [-0.1, -0.05) is 29.8 Å². The van der Waals surface area contributed by atoms with Crippen molar-refractivity contribution in [2.24, 2.45) is 0 Å². The van der Waals surface area contributed by atoms with Crippen LogP contribution in [0.15, 0.2) is 48.5 Å². The number of benzene rings is 2. The molecule has 0 aliphatic carbocycles. The fourth-order valence-electron chi connectivity index (χ4n) is 2.31. The lowest BCUT2D eigenvalue weighted by Crippen LogP contribution is -2.08. The molecule has 0 unspecified atom stereocenters. The summed E-state index contributed by atoms with van der Waals surface area (Å²) in [4.78, 5) is 12.0. The first-order valence-electron chi connectivity index (χ1n) is 7.39. The molecule has 0 bridgehead atoms. The van der Waals surface area contributed by atoms with Gasteiger partial charge in [-0.3, -0.25) is 0 Å². The predicted octanol–water partition coefficient (Wildman–Crippen LogP) is 4.47. The van der Waals surface area contributed by atoms with Gasteiger partial charge in [0.05, 0.1) is 16.9 Å². The van der Waals surface area contributed by atoms with Crippen LogP contribution in [0.4, 0.5) is 8.78 Å². The Balaban J connectivity index is 1.80. The van der Waals surface area contributed by atoms with Crippen LogP contribution in [0.3, 0.4) is 0 Å². The van der Waals surface area contributed by atoms with E-state index in [1.165, 1.54) is 4.68 Å². The van der Waals surface area contributed by atoms with Crippen LogP contribution in [-0.4, -0.2) is 15.7 Å². The molecule has 7 heteroatoms. The Morgan fingerprint density at radius 2 is 1.92 bits per heavy atom. The highest BCUT2D eigenvalue weighted by atomic mass is 35.5. The Labute approximate surface area is 147 Å². The fourth-order valence-corrected chi connectivity index (χ4v) is 2.63. The summed E-state index contributed by atoms with van der Waals surface area (Å²) in [6.07, 6.45) is 0. The molecule has 0 aliphatic rings. The Hall–Kier alpha value is -2.73. The highest BCUT2D eigenvalue weighted by Crippen LogP contribution is 2.24. The van der Waals surface area contributed by atoms with Crippen LogP contribution in [0.2, 0.25) is 5.15 Å². The largest absolute Gasteiger partial charge is 0.457 e. The van der Waals surface area contributed by atoms with E-state index in [2.05, 4.69) is 5.10 Å². The van der Waals surface area contributed by atoms with E-state index in [0.29, 0.717) is 22.5 Å². The first kappa shape index (κ1) is 17.1. The van der Waals surface area contributed by atoms with Crippen molar-refractivity contribution >= 4 is 17.6 Å². The minimum absolute atomic E-state index is 0.173. The van der Waals surface area contributed by atoms with Crippen LogP contribution in [0.5, 0.6) is 0 Å². The zero-order valence-corrected chi connectivity index (χ0v) is 13.9. The van der Waals surface area contributed by atoms with Gasteiger partial charge < -0.3 is 4.74 Å². The molecule has 1 heterocycles. The van der Waals surface area contributed by atoms with E-state index in [1.54, 1.807) is 6.92 Å². The molecule has 0 atom stereocenters. The third-order valence-corrected chi connectivity index (χ3v) is 4.01. The van der Waals surface area contributed by atoms with Gasteiger partial charge in [0.1, 0.15) is 23.4 Å². The Kier molecular flexibility index (Phi) is 4.81. The number of para-hydroxylation sites is 1. The summed E-state index contributed by atoms with van der Waals surface area (Å²) in [6.45, 7) is 1.56. The standard InChI is InChI=1S/C18H13ClF2N2O2/c1-11-15(17(19)23(22-11)13-5-3-2-4-6-13)10-25-18(24)14-8-7-12(20)9-16(14)21/h2-9H,10H2,1H3. The second kappa shape index (κ2) is 7.03. The maximum atomic E-state index is 13.6. The summed E-state index contributed by atoms with van der Waals surface area (Å²) in [5.41, 5.74) is 1.52. The third kappa shape index (κ3) is 3.53. The van der Waals surface area contributed by atoms with Crippen molar-refractivity contribution in [2.75, 3.05) is 0 Å². The number of carbonyl (C=O) groups is 1. The summed E-state index contributed by atoms with van der Waals surface area (Å²) in [7, 11) is 0. The molecule has 2 aromatic carbocycles. The monoisotopic (exact) mass is 362 g/mol. The van der Waals surface area contributed by atoms with E-state index >= 15 is 0 Å². The summed E-state index contributed by atoms with van der Waals surface area (Å²) >= 11 is 6.33. The van der Waals surface area contributed by atoms with E-state index in [1.807, 2.05) is 30.3 Å². The first-order valence-corrected chi connectivity index (χ1v) is 7.76. The van der Waals surface area contributed by atoms with Gasteiger partial charge in [0.25, 0.3) is 0 Å². The van der Waals surface area contributed by atoms with Crippen LogP contribution in [0.25, 0.3) is 5.69 Å². The normalized spacial score (nSPS) is 10.7. The second-order valence-electron chi connectivity index (χ2n) is 5.30. The van der Waals surface area contributed by atoms with Crippen molar-refractivity contribution in [1.29, 1.82) is 0 Å². The number of halogens is 3. The van der Waals surface area contributed by atoms with Gasteiger partial charge in [-0.2, -0.15) is 5.10 Å². The molecule has 0 N–H and O–H groups in total. The van der Waals surface area contributed by atoms with Gasteiger partial charge in [0, 0.05) is 11.6 Å². The van der Waals surface area contributed by atoms with Gasteiger partial charge in [-0.15, -0.1) is 0 Å². The molecule has 3 aromatic rings. The van der Waals surface area contributed by atoms with Gasteiger partial charge in [-0.25, -0.2) is 18.3 Å². The van der Waals surface area contributed by atoms with Gasteiger partial charge in [0.15, 0.2) is 0 Å². The number of carbonyl (C=O) groups excluding carboxylic acids is 1. The average Bonchev–Trinajstić information content (AvgIpc) is 2.88. The lowest BCUT2D eigenvalue weighted by Gasteiger charge is -2.06. The first-order chi connectivity index (χ1) is 12.0. The molecule has 1 aromatic heterocycles. The minimum Gasteiger partial charge on any atom is -0.457 e. The fraction of sp³-hybridized carbons (Fsp3) is 0.111.